The molecular formula is C17H24N2. The van der Waals surface area contributed by atoms with Crippen LogP contribution in [0.15, 0.2) is 36.7 Å². The van der Waals surface area contributed by atoms with E-state index < -0.39 is 0 Å². The fraction of sp³-hybridized carbons (Fsp3) is 0.471. The number of anilines is 1. The molecule has 2 nitrogen and oxygen atoms in total. The molecule has 1 aromatic carbocycles. The molecule has 0 spiro atoms. The zero-order chi connectivity index (χ0) is 13.7. The van der Waals surface area contributed by atoms with Gasteiger partial charge in [0.25, 0.3) is 0 Å². The van der Waals surface area contributed by atoms with Crippen molar-refractivity contribution in [3.63, 3.8) is 0 Å². The van der Waals surface area contributed by atoms with Crippen LogP contribution in [0.2, 0.25) is 0 Å². The van der Waals surface area contributed by atoms with Crippen molar-refractivity contribution in [1.29, 1.82) is 0 Å². The van der Waals surface area contributed by atoms with Crippen LogP contribution in [0.4, 0.5) is 5.69 Å². The minimum atomic E-state index is 0.542. The van der Waals surface area contributed by atoms with Crippen LogP contribution >= 0.6 is 0 Å². The van der Waals surface area contributed by atoms with Gasteiger partial charge in [0, 0.05) is 29.5 Å². The second-order valence-electron chi connectivity index (χ2n) is 5.40. The van der Waals surface area contributed by atoms with Crippen LogP contribution in [0.1, 0.15) is 40.0 Å². The van der Waals surface area contributed by atoms with Crippen LogP contribution in [0, 0.1) is 5.92 Å². The Hall–Kier alpha value is -1.57. The van der Waals surface area contributed by atoms with Gasteiger partial charge in [0.2, 0.25) is 0 Å². The molecule has 2 unspecified atom stereocenters. The third-order valence-electron chi connectivity index (χ3n) is 3.92. The summed E-state index contributed by atoms with van der Waals surface area (Å²) in [7, 11) is 0. The summed E-state index contributed by atoms with van der Waals surface area (Å²) in [6.07, 6.45) is 7.43. The summed E-state index contributed by atoms with van der Waals surface area (Å²) in [5.41, 5.74) is 1.21. The quantitative estimate of drug-likeness (QED) is 0.798. The summed E-state index contributed by atoms with van der Waals surface area (Å²) in [6, 6.07) is 9.01. The molecule has 0 aliphatic heterocycles. The third kappa shape index (κ3) is 3.46. The van der Waals surface area contributed by atoms with Crippen LogP contribution in [-0.4, -0.2) is 11.0 Å². The highest BCUT2D eigenvalue weighted by molar-refractivity contribution is 5.93. The van der Waals surface area contributed by atoms with Crippen LogP contribution in [0.25, 0.3) is 10.8 Å². The van der Waals surface area contributed by atoms with Crippen molar-refractivity contribution < 1.29 is 0 Å². The molecule has 0 aliphatic rings. The van der Waals surface area contributed by atoms with Crippen molar-refractivity contribution >= 4 is 16.5 Å². The maximum absolute atomic E-state index is 4.24. The molecule has 0 amide bonds. The standard InChI is InChI=1S/C17H24N2/c1-4-13(3)11-15(5-2)19-17-8-6-7-14-9-10-18-12-16(14)17/h6-10,12-13,15,19H,4-5,11H2,1-3H3. The van der Waals surface area contributed by atoms with Crippen molar-refractivity contribution in [2.45, 2.75) is 46.1 Å². The predicted molar refractivity (Wildman–Crippen MR) is 83.5 cm³/mol. The van der Waals surface area contributed by atoms with E-state index in [9.17, 15) is 0 Å². The highest BCUT2D eigenvalue weighted by atomic mass is 14.9. The molecule has 0 aliphatic carbocycles. The molecule has 102 valence electrons. The molecule has 1 N–H and O–H groups in total. The van der Waals surface area contributed by atoms with E-state index in [1.54, 1.807) is 0 Å². The number of rotatable bonds is 6. The van der Waals surface area contributed by atoms with E-state index in [2.05, 4.69) is 55.3 Å². The van der Waals surface area contributed by atoms with E-state index in [0.717, 1.165) is 12.3 Å². The largest absolute Gasteiger partial charge is 0.382 e. The first-order valence-corrected chi connectivity index (χ1v) is 7.33. The van der Waals surface area contributed by atoms with Crippen molar-refractivity contribution in [2.24, 2.45) is 5.92 Å². The molecule has 1 aromatic heterocycles. The highest BCUT2D eigenvalue weighted by Gasteiger charge is 2.11. The Kier molecular flexibility index (Phi) is 4.78. The van der Waals surface area contributed by atoms with Gasteiger partial charge in [0.15, 0.2) is 0 Å². The summed E-state index contributed by atoms with van der Waals surface area (Å²) in [5.74, 6) is 0.769. The maximum atomic E-state index is 4.24. The Bertz CT molecular complexity index is 516. The normalized spacial score (nSPS) is 14.3. The molecule has 19 heavy (non-hydrogen) atoms. The molecule has 1 heterocycles. The van der Waals surface area contributed by atoms with Crippen molar-refractivity contribution in [1.82, 2.24) is 4.98 Å². The summed E-state index contributed by atoms with van der Waals surface area (Å²) < 4.78 is 0. The van der Waals surface area contributed by atoms with Gasteiger partial charge in [-0.15, -0.1) is 0 Å². The number of fused-ring (bicyclic) bond motifs is 1. The molecule has 0 fully saturated rings. The Morgan fingerprint density at radius 3 is 2.74 bits per heavy atom. The first kappa shape index (κ1) is 13.9. The fourth-order valence-electron chi connectivity index (χ4n) is 2.44. The van der Waals surface area contributed by atoms with E-state index in [-0.39, 0.29) is 0 Å². The van der Waals surface area contributed by atoms with Gasteiger partial charge in [-0.05, 0) is 36.3 Å². The van der Waals surface area contributed by atoms with Crippen LogP contribution in [0.5, 0.6) is 0 Å². The second kappa shape index (κ2) is 6.55. The average Bonchev–Trinajstić information content (AvgIpc) is 2.46. The SMILES string of the molecule is CCC(C)CC(CC)Nc1cccc2ccncc12. The molecule has 0 radical (unpaired) electrons. The summed E-state index contributed by atoms with van der Waals surface area (Å²) >= 11 is 0. The van der Waals surface area contributed by atoms with E-state index in [1.807, 2.05) is 12.4 Å². The van der Waals surface area contributed by atoms with Crippen molar-refractivity contribution in [3.05, 3.63) is 36.7 Å². The lowest BCUT2D eigenvalue weighted by Crippen LogP contribution is -2.21. The fourth-order valence-corrected chi connectivity index (χ4v) is 2.44. The average molecular weight is 256 g/mol. The molecule has 2 atom stereocenters. The van der Waals surface area contributed by atoms with Crippen molar-refractivity contribution in [3.8, 4) is 0 Å². The Balaban J connectivity index is 2.19. The minimum Gasteiger partial charge on any atom is -0.382 e. The molecular weight excluding hydrogens is 232 g/mol. The Morgan fingerprint density at radius 2 is 2.00 bits per heavy atom. The van der Waals surface area contributed by atoms with Crippen LogP contribution in [0.3, 0.4) is 0 Å². The third-order valence-corrected chi connectivity index (χ3v) is 3.92. The van der Waals surface area contributed by atoms with Gasteiger partial charge >= 0.3 is 0 Å². The first-order chi connectivity index (χ1) is 9.24. The van der Waals surface area contributed by atoms with Crippen molar-refractivity contribution in [2.75, 3.05) is 5.32 Å². The Morgan fingerprint density at radius 1 is 1.16 bits per heavy atom. The molecule has 0 bridgehead atoms. The van der Waals surface area contributed by atoms with Gasteiger partial charge in [-0.1, -0.05) is 39.3 Å². The lowest BCUT2D eigenvalue weighted by molar-refractivity contribution is 0.462. The Labute approximate surface area is 116 Å². The number of nitrogens with zero attached hydrogens (tertiary/aromatic N) is 1. The number of pyridine rings is 1. The number of benzene rings is 1. The molecule has 0 saturated carbocycles. The smallest absolute Gasteiger partial charge is 0.0437 e. The zero-order valence-corrected chi connectivity index (χ0v) is 12.2. The van der Waals surface area contributed by atoms with E-state index in [0.29, 0.717) is 6.04 Å². The van der Waals surface area contributed by atoms with Crippen LogP contribution in [-0.2, 0) is 0 Å². The first-order valence-electron chi connectivity index (χ1n) is 7.33. The summed E-state index contributed by atoms with van der Waals surface area (Å²) in [4.78, 5) is 4.24. The second-order valence-corrected chi connectivity index (χ2v) is 5.40. The van der Waals surface area contributed by atoms with Crippen LogP contribution < -0.4 is 5.32 Å². The van der Waals surface area contributed by atoms with Gasteiger partial charge in [-0.3, -0.25) is 4.98 Å². The van der Waals surface area contributed by atoms with Gasteiger partial charge < -0.3 is 5.32 Å². The zero-order valence-electron chi connectivity index (χ0n) is 12.2. The highest BCUT2D eigenvalue weighted by Crippen LogP contribution is 2.24. The maximum Gasteiger partial charge on any atom is 0.0437 e. The minimum absolute atomic E-state index is 0.542. The predicted octanol–water partition coefficient (Wildman–Crippen LogP) is 4.86. The topological polar surface area (TPSA) is 24.9 Å². The van der Waals surface area contributed by atoms with Gasteiger partial charge in [-0.25, -0.2) is 0 Å². The molecule has 2 rings (SSSR count). The summed E-state index contributed by atoms with van der Waals surface area (Å²) in [5, 5.41) is 6.16. The lowest BCUT2D eigenvalue weighted by atomic mass is 9.97. The van der Waals surface area contributed by atoms with Gasteiger partial charge in [0.05, 0.1) is 0 Å². The van der Waals surface area contributed by atoms with E-state index in [4.69, 9.17) is 0 Å². The molecule has 2 heteroatoms. The monoisotopic (exact) mass is 256 g/mol. The number of hydrogen-bond donors (Lipinski definition) is 1. The van der Waals surface area contributed by atoms with E-state index >= 15 is 0 Å². The van der Waals surface area contributed by atoms with E-state index in [1.165, 1.54) is 29.3 Å². The number of nitrogens with one attached hydrogen (secondary N) is 1. The lowest BCUT2D eigenvalue weighted by Gasteiger charge is -2.22. The van der Waals surface area contributed by atoms with Gasteiger partial charge in [-0.2, -0.15) is 0 Å². The number of aromatic nitrogens is 1. The molecule has 2 aromatic rings. The summed E-state index contributed by atoms with van der Waals surface area (Å²) in [6.45, 7) is 6.84. The van der Waals surface area contributed by atoms with Gasteiger partial charge in [0.1, 0.15) is 0 Å². The molecule has 0 saturated heterocycles. The number of hydrogen-bond acceptors (Lipinski definition) is 2.